The Balaban J connectivity index is 2.37. The predicted octanol–water partition coefficient (Wildman–Crippen LogP) is 2.18. The summed E-state index contributed by atoms with van der Waals surface area (Å²) in [6.45, 7) is 4.03. The van der Waals surface area contributed by atoms with E-state index in [9.17, 15) is 5.11 Å². The van der Waals surface area contributed by atoms with Crippen LogP contribution in [0.15, 0.2) is 36.8 Å². The molecule has 2 aromatic rings. The van der Waals surface area contributed by atoms with Crippen LogP contribution in [0.25, 0.3) is 0 Å². The number of aliphatic hydroxyl groups excluding tert-OH is 1. The SMILES string of the molecule is Cc1cc(C)cc(C(O)c2cnccn2)c1. The number of nitrogens with zero attached hydrogens (tertiary/aromatic N) is 2. The molecule has 1 unspecified atom stereocenters. The Morgan fingerprint density at radius 1 is 1.06 bits per heavy atom. The molecular weight excluding hydrogens is 200 g/mol. The summed E-state index contributed by atoms with van der Waals surface area (Å²) >= 11 is 0. The lowest BCUT2D eigenvalue weighted by molar-refractivity contribution is 0.214. The molecule has 1 heterocycles. The topological polar surface area (TPSA) is 46.0 Å². The number of hydrogen-bond donors (Lipinski definition) is 1. The molecule has 0 spiro atoms. The van der Waals surface area contributed by atoms with Crippen molar-refractivity contribution in [1.82, 2.24) is 9.97 Å². The highest BCUT2D eigenvalue weighted by Gasteiger charge is 2.12. The highest BCUT2D eigenvalue weighted by atomic mass is 16.3. The second-order valence-electron chi connectivity index (χ2n) is 3.95. The van der Waals surface area contributed by atoms with E-state index in [0.717, 1.165) is 16.7 Å². The van der Waals surface area contributed by atoms with Crippen molar-refractivity contribution >= 4 is 0 Å². The van der Waals surface area contributed by atoms with Gasteiger partial charge >= 0.3 is 0 Å². The first-order valence-corrected chi connectivity index (χ1v) is 5.19. The van der Waals surface area contributed by atoms with Gasteiger partial charge in [-0.15, -0.1) is 0 Å². The van der Waals surface area contributed by atoms with Crippen LogP contribution in [0.5, 0.6) is 0 Å². The van der Waals surface area contributed by atoms with Crippen molar-refractivity contribution in [2.45, 2.75) is 20.0 Å². The van der Waals surface area contributed by atoms with Crippen molar-refractivity contribution < 1.29 is 5.11 Å². The number of hydrogen-bond acceptors (Lipinski definition) is 3. The molecule has 1 N–H and O–H groups in total. The van der Waals surface area contributed by atoms with Gasteiger partial charge in [0.2, 0.25) is 0 Å². The molecule has 0 radical (unpaired) electrons. The van der Waals surface area contributed by atoms with Gasteiger partial charge in [0.25, 0.3) is 0 Å². The second-order valence-corrected chi connectivity index (χ2v) is 3.95. The minimum atomic E-state index is -0.702. The van der Waals surface area contributed by atoms with Gasteiger partial charge in [0.05, 0.1) is 11.9 Å². The average Bonchev–Trinajstić information content (AvgIpc) is 2.28. The number of aryl methyl sites for hydroxylation is 2. The van der Waals surface area contributed by atoms with Crippen LogP contribution in [0, 0.1) is 13.8 Å². The molecule has 0 aliphatic heterocycles. The van der Waals surface area contributed by atoms with E-state index in [1.807, 2.05) is 26.0 Å². The fourth-order valence-corrected chi connectivity index (χ4v) is 1.79. The first-order valence-electron chi connectivity index (χ1n) is 5.19. The van der Waals surface area contributed by atoms with Crippen LogP contribution in [0.1, 0.15) is 28.5 Å². The molecular formula is C13H14N2O. The number of aliphatic hydroxyl groups is 1. The molecule has 0 bridgehead atoms. The Bertz CT molecular complexity index is 462. The van der Waals surface area contributed by atoms with E-state index in [0.29, 0.717) is 5.69 Å². The van der Waals surface area contributed by atoms with Gasteiger partial charge < -0.3 is 5.11 Å². The molecule has 82 valence electrons. The van der Waals surface area contributed by atoms with E-state index in [4.69, 9.17) is 0 Å². The van der Waals surface area contributed by atoms with Gasteiger partial charge in [-0.3, -0.25) is 9.97 Å². The Hall–Kier alpha value is -1.74. The summed E-state index contributed by atoms with van der Waals surface area (Å²) in [6, 6.07) is 6.01. The lowest BCUT2D eigenvalue weighted by atomic mass is 10.0. The van der Waals surface area contributed by atoms with Gasteiger partial charge in [-0.1, -0.05) is 29.3 Å². The van der Waals surface area contributed by atoms with E-state index in [1.165, 1.54) is 0 Å². The van der Waals surface area contributed by atoms with Crippen LogP contribution in [0.3, 0.4) is 0 Å². The summed E-state index contributed by atoms with van der Waals surface area (Å²) in [7, 11) is 0. The Morgan fingerprint density at radius 3 is 2.31 bits per heavy atom. The van der Waals surface area contributed by atoms with Crippen molar-refractivity contribution in [3.8, 4) is 0 Å². The molecule has 1 atom stereocenters. The smallest absolute Gasteiger partial charge is 0.123 e. The Morgan fingerprint density at radius 2 is 1.75 bits per heavy atom. The van der Waals surface area contributed by atoms with Crippen LogP contribution in [-0.4, -0.2) is 15.1 Å². The van der Waals surface area contributed by atoms with E-state index in [-0.39, 0.29) is 0 Å². The van der Waals surface area contributed by atoms with Crippen LogP contribution in [-0.2, 0) is 0 Å². The fraction of sp³-hybridized carbons (Fsp3) is 0.231. The minimum Gasteiger partial charge on any atom is -0.382 e. The second kappa shape index (κ2) is 4.41. The lowest BCUT2D eigenvalue weighted by Gasteiger charge is -2.11. The van der Waals surface area contributed by atoms with Gasteiger partial charge in [-0.25, -0.2) is 0 Å². The molecule has 0 aliphatic carbocycles. The lowest BCUT2D eigenvalue weighted by Crippen LogP contribution is -2.03. The molecule has 2 rings (SSSR count). The highest BCUT2D eigenvalue weighted by Crippen LogP contribution is 2.21. The third-order valence-electron chi connectivity index (χ3n) is 2.42. The summed E-state index contributed by atoms with van der Waals surface area (Å²) in [5.41, 5.74) is 3.71. The Kier molecular flexibility index (Phi) is 2.97. The van der Waals surface area contributed by atoms with E-state index < -0.39 is 6.10 Å². The van der Waals surface area contributed by atoms with E-state index in [2.05, 4.69) is 16.0 Å². The zero-order chi connectivity index (χ0) is 11.5. The van der Waals surface area contributed by atoms with Crippen molar-refractivity contribution in [2.75, 3.05) is 0 Å². The van der Waals surface area contributed by atoms with Crippen LogP contribution in [0.2, 0.25) is 0 Å². The van der Waals surface area contributed by atoms with Crippen LogP contribution >= 0.6 is 0 Å². The quantitative estimate of drug-likeness (QED) is 0.833. The first kappa shape index (κ1) is 10.8. The first-order chi connectivity index (χ1) is 7.66. The van der Waals surface area contributed by atoms with Gasteiger partial charge in [0.1, 0.15) is 6.10 Å². The molecule has 0 saturated heterocycles. The molecule has 1 aromatic carbocycles. The third-order valence-corrected chi connectivity index (χ3v) is 2.42. The standard InChI is InChI=1S/C13H14N2O/c1-9-5-10(2)7-11(6-9)13(16)12-8-14-3-4-15-12/h3-8,13,16H,1-2H3. The van der Waals surface area contributed by atoms with Crippen LogP contribution in [0.4, 0.5) is 0 Å². The fourth-order valence-electron chi connectivity index (χ4n) is 1.79. The van der Waals surface area contributed by atoms with E-state index >= 15 is 0 Å². The summed E-state index contributed by atoms with van der Waals surface area (Å²) in [6.07, 6.45) is 4.06. The summed E-state index contributed by atoms with van der Waals surface area (Å²) in [5.74, 6) is 0. The van der Waals surface area contributed by atoms with Crippen molar-refractivity contribution in [1.29, 1.82) is 0 Å². The summed E-state index contributed by atoms with van der Waals surface area (Å²) in [4.78, 5) is 8.06. The predicted molar refractivity (Wildman–Crippen MR) is 62.0 cm³/mol. The van der Waals surface area contributed by atoms with Crippen molar-refractivity contribution in [2.24, 2.45) is 0 Å². The highest BCUT2D eigenvalue weighted by molar-refractivity contribution is 5.32. The van der Waals surface area contributed by atoms with Gasteiger partial charge in [0.15, 0.2) is 0 Å². The maximum Gasteiger partial charge on any atom is 0.123 e. The van der Waals surface area contributed by atoms with Gasteiger partial charge in [-0.05, 0) is 19.4 Å². The van der Waals surface area contributed by atoms with Crippen LogP contribution < -0.4 is 0 Å². The van der Waals surface area contributed by atoms with Gasteiger partial charge in [-0.2, -0.15) is 0 Å². The monoisotopic (exact) mass is 214 g/mol. The normalized spacial score (nSPS) is 12.4. The maximum atomic E-state index is 10.1. The largest absolute Gasteiger partial charge is 0.382 e. The zero-order valence-corrected chi connectivity index (χ0v) is 9.38. The molecule has 16 heavy (non-hydrogen) atoms. The molecule has 3 heteroatoms. The third kappa shape index (κ3) is 2.25. The van der Waals surface area contributed by atoms with E-state index in [1.54, 1.807) is 18.6 Å². The molecule has 0 aliphatic rings. The van der Waals surface area contributed by atoms with Crippen molar-refractivity contribution in [3.05, 3.63) is 59.2 Å². The summed E-state index contributed by atoms with van der Waals surface area (Å²) in [5, 5.41) is 10.1. The number of benzene rings is 1. The number of aromatic nitrogens is 2. The molecule has 1 aromatic heterocycles. The number of rotatable bonds is 2. The molecule has 0 fully saturated rings. The molecule has 0 amide bonds. The minimum absolute atomic E-state index is 0.576. The molecule has 0 saturated carbocycles. The average molecular weight is 214 g/mol. The van der Waals surface area contributed by atoms with Crippen molar-refractivity contribution in [3.63, 3.8) is 0 Å². The molecule has 3 nitrogen and oxygen atoms in total. The Labute approximate surface area is 94.8 Å². The maximum absolute atomic E-state index is 10.1. The summed E-state index contributed by atoms with van der Waals surface area (Å²) < 4.78 is 0. The zero-order valence-electron chi connectivity index (χ0n) is 9.38. The van der Waals surface area contributed by atoms with Gasteiger partial charge in [0, 0.05) is 12.4 Å².